The van der Waals surface area contributed by atoms with Crippen LogP contribution in [0.2, 0.25) is 0 Å². The van der Waals surface area contributed by atoms with Crippen LogP contribution in [0.1, 0.15) is 68.4 Å². The van der Waals surface area contributed by atoms with E-state index in [0.29, 0.717) is 37.7 Å². The van der Waals surface area contributed by atoms with Crippen molar-refractivity contribution in [3.05, 3.63) is 113 Å². The summed E-state index contributed by atoms with van der Waals surface area (Å²) in [5, 5.41) is 4.25. The third-order valence-electron chi connectivity index (χ3n) is 7.26. The monoisotopic (exact) mass is 608 g/mol. The molecule has 7 nitrogen and oxygen atoms in total. The molecule has 1 N–H and O–H groups in total. The maximum Gasteiger partial charge on any atom is 0.236 e. The van der Waals surface area contributed by atoms with Crippen LogP contribution < -0.4 is 24.4 Å². The van der Waals surface area contributed by atoms with E-state index in [2.05, 4.69) is 24.4 Å². The Bertz CT molecular complexity index is 1580. The standard InChI is InChI=1S/C38H44N2O5/c1-6-15-32-35(20-13-21-36(32)45-34-19-12-11-16-27(34)3)42-22-14-23-43-37-25-38(44-26-30-17-9-8-10-18-30)33(24-31(37)7-2)28(4)39-40-29(5)41/h8-13,16-21,24-25H,6-7,14-15,22-23,26H2,1-5H3,(H,40,41)/b39-28+. The second-order valence-electron chi connectivity index (χ2n) is 10.8. The molecule has 0 unspecified atom stereocenters. The van der Waals surface area contributed by atoms with Crippen LogP contribution in [0, 0.1) is 6.92 Å². The molecule has 7 heteroatoms. The summed E-state index contributed by atoms with van der Waals surface area (Å²) in [6.07, 6.45) is 3.30. The molecule has 0 heterocycles. The van der Waals surface area contributed by atoms with Crippen LogP contribution in [0.25, 0.3) is 0 Å². The Kier molecular flexibility index (Phi) is 12.4. The maximum atomic E-state index is 11.5. The number of rotatable bonds is 16. The summed E-state index contributed by atoms with van der Waals surface area (Å²) in [4.78, 5) is 11.5. The zero-order chi connectivity index (χ0) is 32.0. The van der Waals surface area contributed by atoms with Gasteiger partial charge in [0, 0.05) is 30.5 Å². The quantitative estimate of drug-likeness (QED) is 0.0783. The number of hydrogen-bond donors (Lipinski definition) is 1. The first-order valence-corrected chi connectivity index (χ1v) is 15.6. The Morgan fingerprint density at radius 3 is 2.16 bits per heavy atom. The summed E-state index contributed by atoms with van der Waals surface area (Å²) >= 11 is 0. The second-order valence-corrected chi connectivity index (χ2v) is 10.8. The maximum absolute atomic E-state index is 11.5. The van der Waals surface area contributed by atoms with Gasteiger partial charge in [-0.15, -0.1) is 0 Å². The highest BCUT2D eigenvalue weighted by Gasteiger charge is 2.16. The first-order valence-electron chi connectivity index (χ1n) is 15.6. The van der Waals surface area contributed by atoms with Crippen molar-refractivity contribution in [2.45, 2.75) is 66.9 Å². The third-order valence-corrected chi connectivity index (χ3v) is 7.26. The predicted molar refractivity (Wildman–Crippen MR) is 180 cm³/mol. The number of nitrogens with one attached hydrogen (secondary N) is 1. The summed E-state index contributed by atoms with van der Waals surface area (Å²) in [6, 6.07) is 28.0. The van der Waals surface area contributed by atoms with Gasteiger partial charge in [0.25, 0.3) is 0 Å². The zero-order valence-electron chi connectivity index (χ0n) is 27.0. The third kappa shape index (κ3) is 9.60. The van der Waals surface area contributed by atoms with Crippen LogP contribution in [-0.2, 0) is 24.2 Å². The van der Waals surface area contributed by atoms with Gasteiger partial charge in [0.2, 0.25) is 5.91 Å². The lowest BCUT2D eigenvalue weighted by atomic mass is 10.0. The van der Waals surface area contributed by atoms with Gasteiger partial charge >= 0.3 is 0 Å². The molecule has 0 fully saturated rings. The van der Waals surface area contributed by atoms with E-state index < -0.39 is 0 Å². The number of nitrogens with zero attached hydrogens (tertiary/aromatic N) is 1. The highest BCUT2D eigenvalue weighted by molar-refractivity contribution is 6.02. The Balaban J connectivity index is 1.44. The number of aryl methyl sites for hydroxylation is 2. The van der Waals surface area contributed by atoms with Crippen molar-refractivity contribution < 1.29 is 23.7 Å². The number of carbonyl (C=O) groups excluding carboxylic acids is 1. The van der Waals surface area contributed by atoms with Gasteiger partial charge in [0.1, 0.15) is 35.4 Å². The van der Waals surface area contributed by atoms with Gasteiger partial charge in [-0.25, -0.2) is 5.43 Å². The SMILES string of the molecule is CCCc1c(OCCCOc2cc(OCc3ccccc3)c(/C(C)=N/NC(C)=O)cc2CC)cccc1Oc1ccccc1C. The molecule has 236 valence electrons. The number of ether oxygens (including phenoxy) is 4. The molecule has 0 aliphatic heterocycles. The summed E-state index contributed by atoms with van der Waals surface area (Å²) < 4.78 is 25.1. The largest absolute Gasteiger partial charge is 0.493 e. The first-order chi connectivity index (χ1) is 21.9. The van der Waals surface area contributed by atoms with E-state index in [4.69, 9.17) is 18.9 Å². The summed E-state index contributed by atoms with van der Waals surface area (Å²) in [7, 11) is 0. The molecule has 4 aromatic rings. The van der Waals surface area contributed by atoms with E-state index in [1.165, 1.54) is 6.92 Å². The van der Waals surface area contributed by atoms with Gasteiger partial charge in [-0.3, -0.25) is 4.79 Å². The average Bonchev–Trinajstić information content (AvgIpc) is 3.05. The number of benzene rings is 4. The number of hydrogen-bond acceptors (Lipinski definition) is 6. The zero-order valence-corrected chi connectivity index (χ0v) is 27.0. The Labute approximate surface area is 267 Å². The molecular formula is C38H44N2O5. The molecule has 0 saturated carbocycles. The molecule has 0 radical (unpaired) electrons. The number of para-hydroxylation sites is 1. The fourth-order valence-electron chi connectivity index (χ4n) is 4.86. The molecule has 0 aliphatic rings. The summed E-state index contributed by atoms with van der Waals surface area (Å²) in [5.74, 6) is 3.69. The van der Waals surface area contributed by atoms with Gasteiger partial charge in [0.15, 0.2) is 0 Å². The van der Waals surface area contributed by atoms with Crippen molar-refractivity contribution in [3.63, 3.8) is 0 Å². The predicted octanol–water partition coefficient (Wildman–Crippen LogP) is 8.59. The number of hydrazone groups is 1. The van der Waals surface area contributed by atoms with E-state index in [9.17, 15) is 4.79 Å². The van der Waals surface area contributed by atoms with Gasteiger partial charge in [-0.1, -0.05) is 74.9 Å². The van der Waals surface area contributed by atoms with Gasteiger partial charge in [0.05, 0.1) is 18.9 Å². The molecule has 1 amide bonds. The highest BCUT2D eigenvalue weighted by atomic mass is 16.5. The topological polar surface area (TPSA) is 78.4 Å². The summed E-state index contributed by atoms with van der Waals surface area (Å²) in [5.41, 5.74) is 8.23. The van der Waals surface area contributed by atoms with Crippen molar-refractivity contribution in [1.29, 1.82) is 0 Å². The van der Waals surface area contributed by atoms with Crippen molar-refractivity contribution in [2.75, 3.05) is 13.2 Å². The minimum atomic E-state index is -0.230. The lowest BCUT2D eigenvalue weighted by Crippen LogP contribution is -2.16. The molecule has 0 aromatic heterocycles. The minimum absolute atomic E-state index is 0.230. The van der Waals surface area contributed by atoms with E-state index >= 15 is 0 Å². The van der Waals surface area contributed by atoms with Crippen molar-refractivity contribution in [1.82, 2.24) is 5.43 Å². The molecule has 0 saturated heterocycles. The molecule has 4 rings (SSSR count). The lowest BCUT2D eigenvalue weighted by Gasteiger charge is -2.18. The molecule has 0 aliphatic carbocycles. The van der Waals surface area contributed by atoms with Crippen LogP contribution in [0.3, 0.4) is 0 Å². The molecular weight excluding hydrogens is 564 g/mol. The molecule has 4 aromatic carbocycles. The smallest absolute Gasteiger partial charge is 0.236 e. The van der Waals surface area contributed by atoms with Gasteiger partial charge in [-0.2, -0.15) is 5.10 Å². The normalized spacial score (nSPS) is 11.2. The average molecular weight is 609 g/mol. The van der Waals surface area contributed by atoms with E-state index in [1.54, 1.807) is 0 Å². The van der Waals surface area contributed by atoms with Crippen LogP contribution in [-0.4, -0.2) is 24.8 Å². The van der Waals surface area contributed by atoms with E-state index in [1.807, 2.05) is 98.8 Å². The lowest BCUT2D eigenvalue weighted by molar-refractivity contribution is -0.118. The first kappa shape index (κ1) is 33.1. The van der Waals surface area contributed by atoms with Crippen LogP contribution in [0.5, 0.6) is 28.7 Å². The van der Waals surface area contributed by atoms with E-state index in [-0.39, 0.29) is 5.91 Å². The molecule has 0 atom stereocenters. The highest BCUT2D eigenvalue weighted by Crippen LogP contribution is 2.35. The van der Waals surface area contributed by atoms with Crippen molar-refractivity contribution in [2.24, 2.45) is 5.10 Å². The Morgan fingerprint density at radius 1 is 0.756 bits per heavy atom. The molecule has 0 spiro atoms. The van der Waals surface area contributed by atoms with Crippen LogP contribution in [0.4, 0.5) is 0 Å². The van der Waals surface area contributed by atoms with Crippen LogP contribution >= 0.6 is 0 Å². The second kappa shape index (κ2) is 16.9. The van der Waals surface area contributed by atoms with Gasteiger partial charge < -0.3 is 18.9 Å². The minimum Gasteiger partial charge on any atom is -0.493 e. The number of amides is 1. The van der Waals surface area contributed by atoms with E-state index in [0.717, 1.165) is 70.1 Å². The molecule has 0 bridgehead atoms. The van der Waals surface area contributed by atoms with Crippen molar-refractivity contribution in [3.8, 4) is 28.7 Å². The fraction of sp³-hybridized carbons (Fsp3) is 0.316. The summed E-state index contributed by atoms with van der Waals surface area (Å²) in [6.45, 7) is 11.0. The molecule has 45 heavy (non-hydrogen) atoms. The van der Waals surface area contributed by atoms with Crippen LogP contribution in [0.15, 0.2) is 90.0 Å². The van der Waals surface area contributed by atoms with Crippen molar-refractivity contribution >= 4 is 11.6 Å². The van der Waals surface area contributed by atoms with Gasteiger partial charge in [-0.05, 0) is 67.6 Å². The Hall–Kier alpha value is -4.78. The Morgan fingerprint density at radius 2 is 1.44 bits per heavy atom. The number of carbonyl (C=O) groups is 1. The fourth-order valence-corrected chi connectivity index (χ4v) is 4.86.